The SMILES string of the molecule is COc1ccc(-c2n[nH]c(=S)n2CC(=O)N(C)Cc2ccccc2C)cc1. The third kappa shape index (κ3) is 4.25. The Morgan fingerprint density at radius 2 is 1.93 bits per heavy atom. The molecule has 0 aliphatic carbocycles. The summed E-state index contributed by atoms with van der Waals surface area (Å²) < 4.78 is 7.32. The molecule has 2 aromatic carbocycles. The van der Waals surface area contributed by atoms with E-state index in [9.17, 15) is 4.79 Å². The number of hydrogen-bond donors (Lipinski definition) is 1. The number of aryl methyl sites for hydroxylation is 1. The quantitative estimate of drug-likeness (QED) is 0.662. The molecule has 7 heteroatoms. The Bertz CT molecular complexity index is 992. The Labute approximate surface area is 163 Å². The van der Waals surface area contributed by atoms with Gasteiger partial charge in [-0.1, -0.05) is 24.3 Å². The van der Waals surface area contributed by atoms with Gasteiger partial charge in [0.2, 0.25) is 5.91 Å². The molecule has 1 amide bonds. The number of carbonyl (C=O) groups is 1. The summed E-state index contributed by atoms with van der Waals surface area (Å²) in [5.74, 6) is 1.35. The lowest BCUT2D eigenvalue weighted by Crippen LogP contribution is -2.30. The number of likely N-dealkylation sites (N-methyl/N-ethyl adjacent to an activating group) is 1. The van der Waals surface area contributed by atoms with Crippen LogP contribution in [0, 0.1) is 11.7 Å². The van der Waals surface area contributed by atoms with Crippen molar-refractivity contribution in [3.63, 3.8) is 0 Å². The zero-order valence-corrected chi connectivity index (χ0v) is 16.4. The van der Waals surface area contributed by atoms with Crippen LogP contribution in [0.25, 0.3) is 11.4 Å². The van der Waals surface area contributed by atoms with Gasteiger partial charge in [-0.2, -0.15) is 5.10 Å². The Hall–Kier alpha value is -2.93. The average molecular weight is 382 g/mol. The molecule has 1 heterocycles. The zero-order valence-electron chi connectivity index (χ0n) is 15.6. The van der Waals surface area contributed by atoms with Crippen molar-refractivity contribution >= 4 is 18.1 Å². The molecule has 1 N–H and O–H groups in total. The normalized spacial score (nSPS) is 10.6. The molecule has 0 unspecified atom stereocenters. The van der Waals surface area contributed by atoms with E-state index in [1.54, 1.807) is 23.6 Å². The lowest BCUT2D eigenvalue weighted by molar-refractivity contribution is -0.131. The molecule has 3 rings (SSSR count). The first-order chi connectivity index (χ1) is 13.0. The van der Waals surface area contributed by atoms with Crippen molar-refractivity contribution in [3.05, 3.63) is 64.4 Å². The van der Waals surface area contributed by atoms with Gasteiger partial charge in [-0.15, -0.1) is 0 Å². The highest BCUT2D eigenvalue weighted by molar-refractivity contribution is 7.71. The maximum atomic E-state index is 12.8. The van der Waals surface area contributed by atoms with Gasteiger partial charge in [0.15, 0.2) is 10.6 Å². The number of methoxy groups -OCH3 is 1. The molecule has 0 saturated heterocycles. The lowest BCUT2D eigenvalue weighted by atomic mass is 10.1. The van der Waals surface area contributed by atoms with Gasteiger partial charge in [-0.25, -0.2) is 0 Å². The fraction of sp³-hybridized carbons (Fsp3) is 0.250. The molecule has 0 radical (unpaired) electrons. The standard InChI is InChI=1S/C20H22N4O2S/c1-14-6-4-5-7-16(14)12-23(2)18(25)13-24-19(21-22-20(24)27)15-8-10-17(26-3)11-9-15/h4-11H,12-13H2,1-3H3,(H,22,27). The van der Waals surface area contributed by atoms with E-state index in [1.165, 1.54) is 0 Å². The summed E-state index contributed by atoms with van der Waals surface area (Å²) in [5, 5.41) is 7.07. The van der Waals surface area contributed by atoms with Gasteiger partial charge in [-0.05, 0) is 54.5 Å². The summed E-state index contributed by atoms with van der Waals surface area (Å²) in [6.45, 7) is 2.72. The van der Waals surface area contributed by atoms with E-state index in [4.69, 9.17) is 17.0 Å². The first-order valence-electron chi connectivity index (χ1n) is 8.57. The predicted octanol–water partition coefficient (Wildman–Crippen LogP) is 3.58. The van der Waals surface area contributed by atoms with Crippen LogP contribution in [0.2, 0.25) is 0 Å². The summed E-state index contributed by atoms with van der Waals surface area (Å²) in [7, 11) is 3.42. The summed E-state index contributed by atoms with van der Waals surface area (Å²) in [5.41, 5.74) is 3.15. The molecule has 6 nitrogen and oxygen atoms in total. The molecule has 0 fully saturated rings. The summed E-state index contributed by atoms with van der Waals surface area (Å²) >= 11 is 5.33. The van der Waals surface area contributed by atoms with E-state index in [0.29, 0.717) is 17.1 Å². The number of nitrogens with zero attached hydrogens (tertiary/aromatic N) is 3. The van der Waals surface area contributed by atoms with Gasteiger partial charge in [-0.3, -0.25) is 14.5 Å². The van der Waals surface area contributed by atoms with E-state index >= 15 is 0 Å². The van der Waals surface area contributed by atoms with Gasteiger partial charge in [0, 0.05) is 19.2 Å². The fourth-order valence-corrected chi connectivity index (χ4v) is 3.01. The van der Waals surface area contributed by atoms with Crippen LogP contribution < -0.4 is 4.74 Å². The number of nitrogens with one attached hydrogen (secondary N) is 1. The molecule has 0 aliphatic rings. The minimum absolute atomic E-state index is 0.0366. The first kappa shape index (κ1) is 18.8. The highest BCUT2D eigenvalue weighted by atomic mass is 32.1. The van der Waals surface area contributed by atoms with E-state index < -0.39 is 0 Å². The number of benzene rings is 2. The van der Waals surface area contributed by atoms with Crippen molar-refractivity contribution in [2.45, 2.75) is 20.0 Å². The Balaban J connectivity index is 1.79. The van der Waals surface area contributed by atoms with Crippen molar-refractivity contribution in [1.29, 1.82) is 0 Å². The Kier molecular flexibility index (Phi) is 5.71. The number of aromatic amines is 1. The summed E-state index contributed by atoms with van der Waals surface area (Å²) in [4.78, 5) is 14.5. The second-order valence-corrected chi connectivity index (χ2v) is 6.73. The maximum absolute atomic E-state index is 12.8. The summed E-state index contributed by atoms with van der Waals surface area (Å²) in [6.07, 6.45) is 0. The molecule has 140 valence electrons. The highest BCUT2D eigenvalue weighted by Crippen LogP contribution is 2.21. The van der Waals surface area contributed by atoms with Crippen LogP contribution >= 0.6 is 12.2 Å². The fourth-order valence-electron chi connectivity index (χ4n) is 2.81. The molecule has 0 saturated carbocycles. The number of hydrogen-bond acceptors (Lipinski definition) is 4. The van der Waals surface area contributed by atoms with Crippen molar-refractivity contribution < 1.29 is 9.53 Å². The smallest absolute Gasteiger partial charge is 0.242 e. The van der Waals surface area contributed by atoms with Gasteiger partial charge >= 0.3 is 0 Å². The molecule has 0 spiro atoms. The van der Waals surface area contributed by atoms with Gasteiger partial charge in [0.1, 0.15) is 12.3 Å². The number of rotatable bonds is 6. The van der Waals surface area contributed by atoms with Gasteiger partial charge in [0.25, 0.3) is 0 Å². The van der Waals surface area contributed by atoms with Crippen LogP contribution in [-0.2, 0) is 17.9 Å². The van der Waals surface area contributed by atoms with Crippen molar-refractivity contribution in [3.8, 4) is 17.1 Å². The Morgan fingerprint density at radius 3 is 2.59 bits per heavy atom. The minimum Gasteiger partial charge on any atom is -0.497 e. The lowest BCUT2D eigenvalue weighted by Gasteiger charge is -2.19. The van der Waals surface area contributed by atoms with E-state index in [1.807, 2.05) is 55.5 Å². The molecule has 0 atom stereocenters. The number of carbonyl (C=O) groups excluding carboxylic acids is 1. The molecule has 0 aliphatic heterocycles. The topological polar surface area (TPSA) is 63.1 Å². The molecule has 1 aromatic heterocycles. The zero-order chi connectivity index (χ0) is 19.4. The maximum Gasteiger partial charge on any atom is 0.242 e. The molecule has 27 heavy (non-hydrogen) atoms. The average Bonchev–Trinajstić information content (AvgIpc) is 3.04. The summed E-state index contributed by atoms with van der Waals surface area (Å²) in [6, 6.07) is 15.5. The number of H-pyrrole nitrogens is 1. The van der Waals surface area contributed by atoms with E-state index in [0.717, 1.165) is 22.4 Å². The van der Waals surface area contributed by atoms with Crippen LogP contribution in [0.3, 0.4) is 0 Å². The predicted molar refractivity (Wildman–Crippen MR) is 107 cm³/mol. The largest absolute Gasteiger partial charge is 0.497 e. The number of aromatic nitrogens is 3. The van der Waals surface area contributed by atoms with E-state index in [-0.39, 0.29) is 12.5 Å². The Morgan fingerprint density at radius 1 is 1.22 bits per heavy atom. The third-order valence-corrected chi connectivity index (χ3v) is 4.81. The molecule has 0 bridgehead atoms. The molecular weight excluding hydrogens is 360 g/mol. The van der Waals surface area contributed by atoms with Crippen molar-refractivity contribution in [2.75, 3.05) is 14.2 Å². The number of amides is 1. The number of ether oxygens (including phenoxy) is 1. The molecular formula is C20H22N4O2S. The van der Waals surface area contributed by atoms with Crippen molar-refractivity contribution in [1.82, 2.24) is 19.7 Å². The van der Waals surface area contributed by atoms with E-state index in [2.05, 4.69) is 10.2 Å². The van der Waals surface area contributed by atoms with Crippen LogP contribution in [0.1, 0.15) is 11.1 Å². The van der Waals surface area contributed by atoms with Crippen LogP contribution in [0.5, 0.6) is 5.75 Å². The third-order valence-electron chi connectivity index (χ3n) is 4.49. The molecule has 3 aromatic rings. The first-order valence-corrected chi connectivity index (χ1v) is 8.98. The second kappa shape index (κ2) is 8.18. The second-order valence-electron chi connectivity index (χ2n) is 6.34. The minimum atomic E-state index is -0.0366. The van der Waals surface area contributed by atoms with Gasteiger partial charge in [0.05, 0.1) is 7.11 Å². The van der Waals surface area contributed by atoms with Crippen LogP contribution in [0.15, 0.2) is 48.5 Å². The van der Waals surface area contributed by atoms with Gasteiger partial charge < -0.3 is 9.64 Å². The van der Waals surface area contributed by atoms with Crippen LogP contribution in [0.4, 0.5) is 0 Å². The van der Waals surface area contributed by atoms with Crippen molar-refractivity contribution in [2.24, 2.45) is 0 Å². The monoisotopic (exact) mass is 382 g/mol. The van der Waals surface area contributed by atoms with Crippen LogP contribution in [-0.4, -0.2) is 39.7 Å². The highest BCUT2D eigenvalue weighted by Gasteiger charge is 2.16.